The predicted octanol–water partition coefficient (Wildman–Crippen LogP) is 3.63. The third-order valence-electron chi connectivity index (χ3n) is 4.97. The van der Waals surface area contributed by atoms with Gasteiger partial charge in [-0.2, -0.15) is 10.5 Å². The van der Waals surface area contributed by atoms with Crippen LogP contribution in [0.1, 0.15) is 10.4 Å². The highest BCUT2D eigenvalue weighted by molar-refractivity contribution is 6.11. The minimum Gasteiger partial charge on any atom is -0.505 e. The molecule has 3 N–H and O–H groups in total. The van der Waals surface area contributed by atoms with Gasteiger partial charge in [-0.25, -0.2) is 4.99 Å². The molecule has 1 aliphatic heterocycles. The summed E-state index contributed by atoms with van der Waals surface area (Å²) in [6.07, 6.45) is 0. The second-order valence-electron chi connectivity index (χ2n) is 7.00. The van der Waals surface area contributed by atoms with Crippen molar-refractivity contribution in [3.05, 3.63) is 60.2 Å². The molecule has 4 rings (SSSR count). The van der Waals surface area contributed by atoms with Gasteiger partial charge in [0.05, 0.1) is 24.8 Å². The zero-order valence-electron chi connectivity index (χ0n) is 17.4. The number of ether oxygens (including phenoxy) is 1. The molecule has 33 heavy (non-hydrogen) atoms. The number of carbonyl (C=O) groups excluding carboxylic acids is 1. The van der Waals surface area contributed by atoms with E-state index in [1.807, 2.05) is 12.1 Å². The molecule has 2 unspecified atom stereocenters. The van der Waals surface area contributed by atoms with Crippen LogP contribution in [0.25, 0.3) is 10.8 Å². The van der Waals surface area contributed by atoms with Crippen molar-refractivity contribution in [2.75, 3.05) is 12.4 Å². The van der Waals surface area contributed by atoms with Crippen LogP contribution in [0.2, 0.25) is 0 Å². The molecule has 10 nitrogen and oxygen atoms in total. The summed E-state index contributed by atoms with van der Waals surface area (Å²) in [5.41, 5.74) is 0.585. The molecule has 0 aliphatic carbocycles. The number of nitrogens with one attached hydrogen (secondary N) is 2. The molecule has 2 atom stereocenters. The maximum atomic E-state index is 12.9. The average molecular weight is 439 g/mol. The molecule has 0 saturated carbocycles. The number of rotatable bonds is 4. The van der Waals surface area contributed by atoms with Gasteiger partial charge in [-0.05, 0) is 35.7 Å². The number of aliphatic imine (C=N–C) groups is 1. The number of hydrogen-bond donors (Lipinski definition) is 3. The molecule has 0 bridgehead atoms. The minimum absolute atomic E-state index is 0.00425. The topological polar surface area (TPSA) is 155 Å². The summed E-state index contributed by atoms with van der Waals surface area (Å²) >= 11 is 0. The van der Waals surface area contributed by atoms with Crippen LogP contribution in [-0.4, -0.2) is 36.2 Å². The third kappa shape index (κ3) is 4.27. The summed E-state index contributed by atoms with van der Waals surface area (Å²) in [5.74, 6) is -0.268. The molecular weight excluding hydrogens is 422 g/mol. The van der Waals surface area contributed by atoms with Gasteiger partial charge in [0.15, 0.2) is 17.8 Å². The fourth-order valence-electron chi connectivity index (χ4n) is 3.28. The molecule has 0 radical (unpaired) electrons. The van der Waals surface area contributed by atoms with Crippen molar-refractivity contribution >= 4 is 34.0 Å². The van der Waals surface area contributed by atoms with Crippen LogP contribution in [-0.2, 0) is 0 Å². The smallest absolute Gasteiger partial charge is 0.259 e. The predicted molar refractivity (Wildman–Crippen MR) is 120 cm³/mol. The molecule has 1 aliphatic rings. The number of guanidine groups is 1. The van der Waals surface area contributed by atoms with Gasteiger partial charge in [-0.3, -0.25) is 4.79 Å². The summed E-state index contributed by atoms with van der Waals surface area (Å²) in [5, 5.41) is 43.8. The van der Waals surface area contributed by atoms with E-state index in [4.69, 9.17) is 15.3 Å². The third-order valence-corrected chi connectivity index (χ3v) is 4.97. The summed E-state index contributed by atoms with van der Waals surface area (Å²) < 4.78 is 5.11. The van der Waals surface area contributed by atoms with Crippen molar-refractivity contribution in [3.8, 4) is 23.6 Å². The van der Waals surface area contributed by atoms with Crippen LogP contribution < -0.4 is 15.4 Å². The number of phenolic OH excluding ortho intramolecular Hbond substituents is 1. The molecule has 3 aromatic rings. The van der Waals surface area contributed by atoms with E-state index >= 15 is 0 Å². The first-order chi connectivity index (χ1) is 16.0. The molecule has 3 aromatic carbocycles. The van der Waals surface area contributed by atoms with Crippen molar-refractivity contribution in [1.82, 2.24) is 5.32 Å². The standard InChI is InChI=1S/C23H17N7O3/c1-33-15-8-6-14(7-9-15)26-22(32)17-10-13-4-2-3-5-16(13)20(21(17)31)29-30-23-27-18(11-24)19(12-25)28-23/h2-10,18-19,31H,1H3,(H,26,32)(H,27,28). The van der Waals surface area contributed by atoms with Crippen molar-refractivity contribution in [2.45, 2.75) is 12.1 Å². The van der Waals surface area contributed by atoms with Crippen molar-refractivity contribution in [3.63, 3.8) is 0 Å². The van der Waals surface area contributed by atoms with Crippen LogP contribution in [0, 0.1) is 22.7 Å². The number of nitrogens with zero attached hydrogens (tertiary/aromatic N) is 5. The van der Waals surface area contributed by atoms with Crippen molar-refractivity contribution < 1.29 is 14.6 Å². The highest BCUT2D eigenvalue weighted by Crippen LogP contribution is 2.39. The highest BCUT2D eigenvalue weighted by Gasteiger charge is 2.28. The second kappa shape index (κ2) is 9.04. The number of anilines is 1. The fourth-order valence-corrected chi connectivity index (χ4v) is 3.28. The monoisotopic (exact) mass is 439 g/mol. The van der Waals surface area contributed by atoms with E-state index < -0.39 is 18.0 Å². The van der Waals surface area contributed by atoms with E-state index in [9.17, 15) is 9.90 Å². The van der Waals surface area contributed by atoms with Crippen LogP contribution in [0.4, 0.5) is 11.4 Å². The van der Waals surface area contributed by atoms with Crippen LogP contribution in [0.5, 0.6) is 11.5 Å². The number of amides is 1. The lowest BCUT2D eigenvalue weighted by atomic mass is 10.0. The molecule has 0 saturated heterocycles. The first kappa shape index (κ1) is 21.3. The first-order valence-electron chi connectivity index (χ1n) is 9.79. The zero-order chi connectivity index (χ0) is 23.4. The normalized spacial score (nSPS) is 17.1. The molecule has 10 heteroatoms. The van der Waals surface area contributed by atoms with Crippen LogP contribution in [0.3, 0.4) is 0 Å². The lowest BCUT2D eigenvalue weighted by molar-refractivity contribution is 0.102. The van der Waals surface area contributed by atoms with Gasteiger partial charge < -0.3 is 20.5 Å². The van der Waals surface area contributed by atoms with E-state index in [2.05, 4.69) is 25.9 Å². The zero-order valence-corrected chi connectivity index (χ0v) is 17.4. The van der Waals surface area contributed by atoms with E-state index in [1.165, 1.54) is 0 Å². The second-order valence-corrected chi connectivity index (χ2v) is 7.00. The number of nitriles is 2. The van der Waals surface area contributed by atoms with Gasteiger partial charge in [-0.15, -0.1) is 10.2 Å². The Morgan fingerprint density at radius 1 is 1.15 bits per heavy atom. The Kier molecular flexibility index (Phi) is 5.83. The van der Waals surface area contributed by atoms with E-state index in [0.717, 1.165) is 0 Å². The van der Waals surface area contributed by atoms with E-state index in [0.29, 0.717) is 22.2 Å². The number of aromatic hydroxyl groups is 1. The lowest BCUT2D eigenvalue weighted by Crippen LogP contribution is -2.31. The van der Waals surface area contributed by atoms with Crippen molar-refractivity contribution in [1.29, 1.82) is 10.5 Å². The van der Waals surface area contributed by atoms with Crippen molar-refractivity contribution in [2.24, 2.45) is 15.2 Å². The Balaban J connectivity index is 1.70. The number of phenols is 1. The van der Waals surface area contributed by atoms with E-state index in [-0.39, 0.29) is 23.0 Å². The Labute approximate surface area is 188 Å². The number of fused-ring (bicyclic) bond motifs is 1. The molecule has 1 amide bonds. The van der Waals surface area contributed by atoms with Gasteiger partial charge in [-0.1, -0.05) is 24.3 Å². The largest absolute Gasteiger partial charge is 0.505 e. The SMILES string of the molecule is COc1ccc(NC(=O)c2cc3ccccc3c(N=NC3=NC(C#N)C(C#N)N3)c2O)cc1. The molecule has 0 fully saturated rings. The van der Waals surface area contributed by atoms with Gasteiger partial charge >= 0.3 is 0 Å². The number of benzene rings is 3. The number of carbonyl (C=O) groups is 1. The van der Waals surface area contributed by atoms with Gasteiger partial charge in [0.2, 0.25) is 5.96 Å². The van der Waals surface area contributed by atoms with Gasteiger partial charge in [0, 0.05) is 11.1 Å². The number of methoxy groups -OCH3 is 1. The Morgan fingerprint density at radius 2 is 1.91 bits per heavy atom. The summed E-state index contributed by atoms with van der Waals surface area (Å²) in [6.45, 7) is 0. The number of azo groups is 1. The Hall–Kier alpha value is -4.96. The van der Waals surface area contributed by atoms with Crippen LogP contribution >= 0.6 is 0 Å². The van der Waals surface area contributed by atoms with Gasteiger partial charge in [0.1, 0.15) is 11.4 Å². The average Bonchev–Trinajstić information content (AvgIpc) is 3.26. The maximum absolute atomic E-state index is 12.9. The molecule has 0 spiro atoms. The minimum atomic E-state index is -0.907. The lowest BCUT2D eigenvalue weighted by Gasteiger charge is -2.11. The summed E-state index contributed by atoms with van der Waals surface area (Å²) in [7, 11) is 1.55. The highest BCUT2D eigenvalue weighted by atomic mass is 16.5. The Bertz CT molecular complexity index is 1370. The Morgan fingerprint density at radius 3 is 2.58 bits per heavy atom. The fraction of sp³-hybridized carbons (Fsp3) is 0.130. The first-order valence-corrected chi connectivity index (χ1v) is 9.79. The molecular formula is C23H17N7O3. The molecule has 1 heterocycles. The van der Waals surface area contributed by atoms with E-state index in [1.54, 1.807) is 61.7 Å². The number of hydrogen-bond acceptors (Lipinski definition) is 9. The quantitative estimate of drug-likeness (QED) is 0.527. The van der Waals surface area contributed by atoms with Gasteiger partial charge in [0.25, 0.3) is 5.91 Å². The summed E-state index contributed by atoms with van der Waals surface area (Å²) in [4.78, 5) is 16.9. The van der Waals surface area contributed by atoms with Crippen LogP contribution in [0.15, 0.2) is 69.8 Å². The molecule has 162 valence electrons. The maximum Gasteiger partial charge on any atom is 0.259 e. The summed E-state index contributed by atoms with van der Waals surface area (Å²) in [6, 6.07) is 17.5. The molecule has 0 aromatic heterocycles.